The van der Waals surface area contributed by atoms with Gasteiger partial charge in [0.1, 0.15) is 0 Å². The lowest BCUT2D eigenvalue weighted by molar-refractivity contribution is -0.384. The molecular formula is C23H23N5O5S2. The van der Waals surface area contributed by atoms with Crippen molar-refractivity contribution in [3.8, 4) is 0 Å². The van der Waals surface area contributed by atoms with Crippen LogP contribution in [-0.4, -0.2) is 46.6 Å². The van der Waals surface area contributed by atoms with Crippen LogP contribution in [0.25, 0.3) is 10.2 Å². The number of anilines is 2. The fourth-order valence-electron chi connectivity index (χ4n) is 3.85. The number of thiocarbonyl (C=S) groups is 1. The summed E-state index contributed by atoms with van der Waals surface area (Å²) in [7, 11) is 0. The minimum atomic E-state index is -0.544. The van der Waals surface area contributed by atoms with Gasteiger partial charge >= 0.3 is 5.97 Å². The summed E-state index contributed by atoms with van der Waals surface area (Å²) >= 11 is 6.57. The van der Waals surface area contributed by atoms with Crippen LogP contribution in [-0.2, 0) is 4.74 Å². The van der Waals surface area contributed by atoms with Gasteiger partial charge in [-0.2, -0.15) is 0 Å². The molecule has 35 heavy (non-hydrogen) atoms. The third-order valence-electron chi connectivity index (χ3n) is 5.48. The second-order valence-corrected chi connectivity index (χ2v) is 9.28. The zero-order valence-corrected chi connectivity index (χ0v) is 20.5. The number of benzene rings is 2. The molecule has 0 radical (unpaired) electrons. The molecule has 182 valence electrons. The summed E-state index contributed by atoms with van der Waals surface area (Å²) in [5, 5.41) is 17.2. The second-order valence-electron chi connectivity index (χ2n) is 7.84. The standard InChI is InChI=1S/C23H23N5O5S2/c1-2-33-21(30)14-6-8-17-19(12-14)35-23(24-17)26-22(34)25-20(29)16-13-15(28(31)32)7-9-18(16)27-10-4-3-5-11-27/h6-9,12-13H,2-5,10-11H2,1H3,(H2,24,25,26,29,34). The number of nitro groups is 1. The van der Waals surface area contributed by atoms with Crippen LogP contribution in [0, 0.1) is 10.1 Å². The molecule has 1 fully saturated rings. The van der Waals surface area contributed by atoms with Gasteiger partial charge in [-0.3, -0.25) is 20.2 Å². The maximum absolute atomic E-state index is 13.1. The van der Waals surface area contributed by atoms with Crippen LogP contribution >= 0.6 is 23.6 Å². The maximum atomic E-state index is 13.1. The van der Waals surface area contributed by atoms with E-state index in [1.54, 1.807) is 31.2 Å². The molecule has 3 aromatic rings. The van der Waals surface area contributed by atoms with Crippen LogP contribution < -0.4 is 15.5 Å². The lowest BCUT2D eigenvalue weighted by Gasteiger charge is -2.30. The van der Waals surface area contributed by atoms with Crippen LogP contribution in [0.15, 0.2) is 36.4 Å². The highest BCUT2D eigenvalue weighted by molar-refractivity contribution is 7.80. The highest BCUT2D eigenvalue weighted by Crippen LogP contribution is 2.29. The molecular weight excluding hydrogens is 490 g/mol. The summed E-state index contributed by atoms with van der Waals surface area (Å²) < 4.78 is 5.77. The van der Waals surface area contributed by atoms with Gasteiger partial charge in [0, 0.05) is 25.2 Å². The molecule has 0 bridgehead atoms. The molecule has 4 rings (SSSR count). The Morgan fingerprint density at radius 3 is 2.69 bits per heavy atom. The molecule has 10 nitrogen and oxygen atoms in total. The molecule has 12 heteroatoms. The summed E-state index contributed by atoms with van der Waals surface area (Å²) in [6.45, 7) is 3.58. The first-order valence-electron chi connectivity index (χ1n) is 11.1. The maximum Gasteiger partial charge on any atom is 0.338 e. The van der Waals surface area contributed by atoms with Crippen molar-refractivity contribution >= 4 is 67.3 Å². The van der Waals surface area contributed by atoms with E-state index in [4.69, 9.17) is 17.0 Å². The fraction of sp³-hybridized carbons (Fsp3) is 0.304. The van der Waals surface area contributed by atoms with E-state index >= 15 is 0 Å². The van der Waals surface area contributed by atoms with Crippen molar-refractivity contribution in [1.29, 1.82) is 0 Å². The molecule has 1 aliphatic rings. The number of rotatable bonds is 6. The molecule has 1 saturated heterocycles. The van der Waals surface area contributed by atoms with Crippen LogP contribution in [0.5, 0.6) is 0 Å². The predicted molar refractivity (Wildman–Crippen MR) is 138 cm³/mol. The first-order chi connectivity index (χ1) is 16.9. The van der Waals surface area contributed by atoms with Crippen LogP contribution in [0.3, 0.4) is 0 Å². The van der Waals surface area contributed by atoms with Gasteiger partial charge in [0.2, 0.25) is 0 Å². The number of fused-ring (bicyclic) bond motifs is 1. The van der Waals surface area contributed by atoms with E-state index in [0.29, 0.717) is 21.9 Å². The Labute approximate surface area is 210 Å². The average Bonchev–Trinajstić information content (AvgIpc) is 3.25. The number of amides is 1. The Balaban J connectivity index is 1.50. The van der Waals surface area contributed by atoms with Crippen LogP contribution in [0.2, 0.25) is 0 Å². The molecule has 1 amide bonds. The van der Waals surface area contributed by atoms with Crippen molar-refractivity contribution in [3.05, 3.63) is 57.6 Å². The molecule has 0 aliphatic carbocycles. The normalized spacial score (nSPS) is 13.3. The molecule has 2 N–H and O–H groups in total. The first-order valence-corrected chi connectivity index (χ1v) is 12.3. The Hall–Kier alpha value is -3.64. The monoisotopic (exact) mass is 513 g/mol. The summed E-state index contributed by atoms with van der Waals surface area (Å²) in [5.74, 6) is -0.959. The Morgan fingerprint density at radius 2 is 1.97 bits per heavy atom. The lowest BCUT2D eigenvalue weighted by Crippen LogP contribution is -2.36. The molecule has 1 aliphatic heterocycles. The summed E-state index contributed by atoms with van der Waals surface area (Å²) in [4.78, 5) is 42.3. The molecule has 0 atom stereocenters. The first kappa shape index (κ1) is 24.5. The van der Waals surface area contributed by atoms with Gasteiger partial charge < -0.3 is 15.0 Å². The number of piperidine rings is 1. The molecule has 0 spiro atoms. The predicted octanol–water partition coefficient (Wildman–Crippen LogP) is 4.50. The van der Waals surface area contributed by atoms with Crippen molar-refractivity contribution in [3.63, 3.8) is 0 Å². The van der Waals surface area contributed by atoms with E-state index in [0.717, 1.165) is 37.1 Å². The molecule has 1 aromatic heterocycles. The largest absolute Gasteiger partial charge is 0.462 e. The zero-order valence-electron chi connectivity index (χ0n) is 18.9. The number of hydrogen-bond donors (Lipinski definition) is 2. The van der Waals surface area contributed by atoms with Gasteiger partial charge in [-0.15, -0.1) is 0 Å². The van der Waals surface area contributed by atoms with Crippen LogP contribution in [0.4, 0.5) is 16.5 Å². The number of non-ortho nitro benzene ring substituents is 1. The smallest absolute Gasteiger partial charge is 0.338 e. The number of thiazole rings is 1. The summed E-state index contributed by atoms with van der Waals surface area (Å²) in [6, 6.07) is 9.32. The Morgan fingerprint density at radius 1 is 1.20 bits per heavy atom. The lowest BCUT2D eigenvalue weighted by atomic mass is 10.1. The van der Waals surface area contributed by atoms with E-state index < -0.39 is 16.8 Å². The SMILES string of the molecule is CCOC(=O)c1ccc2nc(NC(=S)NC(=O)c3cc([N+](=O)[O-])ccc3N3CCCCC3)sc2c1. The van der Waals surface area contributed by atoms with Crippen molar-refractivity contribution in [1.82, 2.24) is 10.3 Å². The average molecular weight is 514 g/mol. The third-order valence-corrected chi connectivity index (χ3v) is 6.62. The molecule has 2 aromatic carbocycles. The van der Waals surface area contributed by atoms with Gasteiger partial charge in [0.15, 0.2) is 10.2 Å². The van der Waals surface area contributed by atoms with E-state index in [2.05, 4.69) is 20.5 Å². The van der Waals surface area contributed by atoms with E-state index in [9.17, 15) is 19.7 Å². The van der Waals surface area contributed by atoms with Crippen molar-refractivity contribution in [2.24, 2.45) is 0 Å². The molecule has 2 heterocycles. The highest BCUT2D eigenvalue weighted by atomic mass is 32.1. The Kier molecular flexibility index (Phi) is 7.51. The zero-order chi connectivity index (χ0) is 24.9. The summed E-state index contributed by atoms with van der Waals surface area (Å²) in [6.07, 6.45) is 3.10. The van der Waals surface area contributed by atoms with Crippen molar-refractivity contribution in [2.75, 3.05) is 29.9 Å². The number of carbonyl (C=O) groups excluding carboxylic acids is 2. The number of nitrogens with zero attached hydrogens (tertiary/aromatic N) is 3. The van der Waals surface area contributed by atoms with Gasteiger partial charge in [-0.25, -0.2) is 9.78 Å². The minimum Gasteiger partial charge on any atom is -0.462 e. The number of carbonyl (C=O) groups is 2. The van der Waals surface area contributed by atoms with Gasteiger partial charge in [-0.1, -0.05) is 11.3 Å². The van der Waals surface area contributed by atoms with Gasteiger partial charge in [-0.05, 0) is 62.7 Å². The number of hydrogen-bond acceptors (Lipinski definition) is 9. The number of nitrogens with one attached hydrogen (secondary N) is 2. The van der Waals surface area contributed by atoms with E-state index in [1.165, 1.54) is 23.5 Å². The Bertz CT molecular complexity index is 1300. The topological polar surface area (TPSA) is 127 Å². The van der Waals surface area contributed by atoms with E-state index in [-0.39, 0.29) is 23.0 Å². The number of esters is 1. The second kappa shape index (κ2) is 10.7. The van der Waals surface area contributed by atoms with Gasteiger partial charge in [0.25, 0.3) is 11.6 Å². The fourth-order valence-corrected chi connectivity index (χ4v) is 5.01. The molecule has 0 saturated carbocycles. The third kappa shape index (κ3) is 5.72. The van der Waals surface area contributed by atoms with Crippen molar-refractivity contribution < 1.29 is 19.2 Å². The number of ether oxygens (including phenoxy) is 1. The number of aromatic nitrogens is 1. The van der Waals surface area contributed by atoms with Crippen molar-refractivity contribution in [2.45, 2.75) is 26.2 Å². The number of nitro benzene ring substituents is 1. The quantitative estimate of drug-likeness (QED) is 0.212. The highest BCUT2D eigenvalue weighted by Gasteiger charge is 2.23. The van der Waals surface area contributed by atoms with Gasteiger partial charge in [0.05, 0.1) is 38.6 Å². The van der Waals surface area contributed by atoms with Crippen LogP contribution in [0.1, 0.15) is 46.9 Å². The minimum absolute atomic E-state index is 0.00997. The van der Waals surface area contributed by atoms with E-state index in [1.807, 2.05) is 0 Å². The summed E-state index contributed by atoms with van der Waals surface area (Å²) in [5.41, 5.74) is 1.74. The molecule has 0 unspecified atom stereocenters.